The zero-order valence-electron chi connectivity index (χ0n) is 9.32. The zero-order valence-corrected chi connectivity index (χ0v) is 9.32. The summed E-state index contributed by atoms with van der Waals surface area (Å²) in [5.41, 5.74) is 2.41. The lowest BCUT2D eigenvalue weighted by Gasteiger charge is -2.07. The van der Waals surface area contributed by atoms with Crippen LogP contribution >= 0.6 is 0 Å². The molecule has 0 saturated heterocycles. The minimum absolute atomic E-state index is 0.371. The van der Waals surface area contributed by atoms with Crippen LogP contribution in [0.3, 0.4) is 0 Å². The summed E-state index contributed by atoms with van der Waals surface area (Å²) in [5.74, 6) is 0.282. The third kappa shape index (κ3) is 1.78. The van der Waals surface area contributed by atoms with Crippen molar-refractivity contribution in [2.24, 2.45) is 4.99 Å². The van der Waals surface area contributed by atoms with Crippen LogP contribution in [0.15, 0.2) is 17.1 Å². The van der Waals surface area contributed by atoms with E-state index in [1.54, 1.807) is 19.3 Å². The molecule has 0 aliphatic carbocycles. The maximum Gasteiger partial charge on any atom is 0.341 e. The van der Waals surface area contributed by atoms with Crippen LogP contribution in [0.5, 0.6) is 5.75 Å². The summed E-state index contributed by atoms with van der Waals surface area (Å²) in [5, 5.41) is 0. The van der Waals surface area contributed by atoms with E-state index in [2.05, 4.69) is 4.99 Å². The van der Waals surface area contributed by atoms with Gasteiger partial charge in [-0.05, 0) is 23.3 Å². The molecule has 0 atom stereocenters. The van der Waals surface area contributed by atoms with E-state index >= 15 is 0 Å². The zero-order chi connectivity index (χ0) is 11.5. The van der Waals surface area contributed by atoms with Crippen molar-refractivity contribution in [2.75, 3.05) is 20.8 Å². The van der Waals surface area contributed by atoms with Crippen molar-refractivity contribution in [1.29, 1.82) is 0 Å². The quantitative estimate of drug-likeness (QED) is 0.559. The highest BCUT2D eigenvalue weighted by molar-refractivity contribution is 5.96. The fourth-order valence-corrected chi connectivity index (χ4v) is 1.82. The molecular weight excluding hydrogens is 206 g/mol. The molecule has 0 amide bonds. The van der Waals surface area contributed by atoms with E-state index in [-0.39, 0.29) is 5.97 Å². The van der Waals surface area contributed by atoms with Gasteiger partial charge in [0.15, 0.2) is 0 Å². The van der Waals surface area contributed by atoms with E-state index < -0.39 is 0 Å². The molecule has 0 radical (unpaired) electrons. The van der Waals surface area contributed by atoms with Crippen LogP contribution < -0.4 is 4.74 Å². The standard InChI is InChI=1S/C12H13NO3/c1-13-7-8-5-9-3-4-16-11(9)10(6-8)12(14)15-2/h5-7H,3-4H2,1-2H3. The number of esters is 1. The highest BCUT2D eigenvalue weighted by Crippen LogP contribution is 2.31. The molecule has 1 aromatic rings. The molecule has 2 rings (SSSR count). The molecule has 4 nitrogen and oxygen atoms in total. The van der Waals surface area contributed by atoms with Gasteiger partial charge in [-0.3, -0.25) is 4.99 Å². The third-order valence-corrected chi connectivity index (χ3v) is 2.49. The van der Waals surface area contributed by atoms with E-state index in [1.165, 1.54) is 7.11 Å². The van der Waals surface area contributed by atoms with Crippen molar-refractivity contribution < 1.29 is 14.3 Å². The normalized spacial score (nSPS) is 13.6. The molecule has 0 fully saturated rings. The highest BCUT2D eigenvalue weighted by Gasteiger charge is 2.22. The Morgan fingerprint density at radius 2 is 2.38 bits per heavy atom. The molecular formula is C12H13NO3. The minimum atomic E-state index is -0.371. The predicted molar refractivity (Wildman–Crippen MR) is 60.5 cm³/mol. The molecule has 0 aromatic heterocycles. The summed E-state index contributed by atoms with van der Waals surface area (Å²) in [6.45, 7) is 0.617. The summed E-state index contributed by atoms with van der Waals surface area (Å²) in [4.78, 5) is 15.5. The first-order valence-corrected chi connectivity index (χ1v) is 5.06. The summed E-state index contributed by atoms with van der Waals surface area (Å²) in [6, 6.07) is 3.73. The molecule has 1 heterocycles. The van der Waals surface area contributed by atoms with Gasteiger partial charge >= 0.3 is 5.97 Å². The predicted octanol–water partition coefficient (Wildman–Crippen LogP) is 1.46. The van der Waals surface area contributed by atoms with E-state index in [0.717, 1.165) is 17.5 Å². The molecule has 1 aliphatic heterocycles. The van der Waals surface area contributed by atoms with E-state index in [1.807, 2.05) is 6.07 Å². The van der Waals surface area contributed by atoms with Gasteiger partial charge in [-0.2, -0.15) is 0 Å². The van der Waals surface area contributed by atoms with Crippen LogP contribution in [0, 0.1) is 0 Å². The van der Waals surface area contributed by atoms with Crippen LogP contribution in [0.4, 0.5) is 0 Å². The Balaban J connectivity index is 2.53. The average Bonchev–Trinajstić information content (AvgIpc) is 2.75. The number of rotatable bonds is 2. The second kappa shape index (κ2) is 4.35. The lowest BCUT2D eigenvalue weighted by Crippen LogP contribution is -2.04. The molecule has 0 saturated carbocycles. The van der Waals surface area contributed by atoms with Gasteiger partial charge in [0.2, 0.25) is 0 Å². The second-order valence-electron chi connectivity index (χ2n) is 3.53. The number of benzene rings is 1. The Morgan fingerprint density at radius 3 is 3.06 bits per heavy atom. The smallest absolute Gasteiger partial charge is 0.341 e. The topological polar surface area (TPSA) is 47.9 Å². The molecule has 84 valence electrons. The Bertz CT molecular complexity index is 452. The molecule has 0 N–H and O–H groups in total. The minimum Gasteiger partial charge on any atom is -0.492 e. The van der Waals surface area contributed by atoms with Gasteiger partial charge in [-0.25, -0.2) is 4.79 Å². The van der Waals surface area contributed by atoms with Crippen molar-refractivity contribution in [3.8, 4) is 5.75 Å². The Morgan fingerprint density at radius 1 is 1.56 bits per heavy atom. The molecule has 0 spiro atoms. The van der Waals surface area contributed by atoms with Crippen molar-refractivity contribution in [2.45, 2.75) is 6.42 Å². The van der Waals surface area contributed by atoms with Crippen molar-refractivity contribution in [3.63, 3.8) is 0 Å². The largest absolute Gasteiger partial charge is 0.492 e. The number of fused-ring (bicyclic) bond motifs is 1. The van der Waals surface area contributed by atoms with Crippen LogP contribution in [0.2, 0.25) is 0 Å². The molecule has 4 heteroatoms. The first-order chi connectivity index (χ1) is 7.76. The van der Waals surface area contributed by atoms with Crippen LogP contribution in [-0.4, -0.2) is 32.9 Å². The molecule has 1 aliphatic rings. The van der Waals surface area contributed by atoms with Gasteiger partial charge in [0.25, 0.3) is 0 Å². The number of nitrogens with zero attached hydrogens (tertiary/aromatic N) is 1. The fourth-order valence-electron chi connectivity index (χ4n) is 1.82. The first kappa shape index (κ1) is 10.7. The average molecular weight is 219 g/mol. The van der Waals surface area contributed by atoms with Gasteiger partial charge in [-0.1, -0.05) is 0 Å². The summed E-state index contributed by atoms with van der Waals surface area (Å²) in [6.07, 6.45) is 2.54. The van der Waals surface area contributed by atoms with Gasteiger partial charge in [0.1, 0.15) is 11.3 Å². The van der Waals surface area contributed by atoms with Crippen LogP contribution in [-0.2, 0) is 11.2 Å². The van der Waals surface area contributed by atoms with E-state index in [0.29, 0.717) is 17.9 Å². The number of aliphatic imine (C=N–C) groups is 1. The van der Waals surface area contributed by atoms with Gasteiger partial charge in [0, 0.05) is 19.7 Å². The third-order valence-electron chi connectivity index (χ3n) is 2.49. The number of carbonyl (C=O) groups excluding carboxylic acids is 1. The summed E-state index contributed by atoms with van der Waals surface area (Å²) >= 11 is 0. The molecule has 16 heavy (non-hydrogen) atoms. The lowest BCUT2D eigenvalue weighted by atomic mass is 10.0. The Hall–Kier alpha value is -1.84. The summed E-state index contributed by atoms with van der Waals surface area (Å²) in [7, 11) is 3.06. The monoisotopic (exact) mass is 219 g/mol. The van der Waals surface area contributed by atoms with Gasteiger partial charge in [0.05, 0.1) is 13.7 Å². The van der Waals surface area contributed by atoms with Crippen molar-refractivity contribution in [3.05, 3.63) is 28.8 Å². The maximum absolute atomic E-state index is 11.6. The Labute approximate surface area is 93.9 Å². The first-order valence-electron chi connectivity index (χ1n) is 5.06. The van der Waals surface area contributed by atoms with Gasteiger partial charge < -0.3 is 9.47 Å². The molecule has 0 unspecified atom stereocenters. The summed E-state index contributed by atoms with van der Waals surface area (Å²) < 4.78 is 10.2. The number of methoxy groups -OCH3 is 1. The number of hydrogen-bond donors (Lipinski definition) is 0. The highest BCUT2D eigenvalue weighted by atomic mass is 16.5. The van der Waals surface area contributed by atoms with Crippen LogP contribution in [0.25, 0.3) is 0 Å². The number of hydrogen-bond acceptors (Lipinski definition) is 4. The van der Waals surface area contributed by atoms with Gasteiger partial charge in [-0.15, -0.1) is 0 Å². The number of carbonyl (C=O) groups is 1. The number of ether oxygens (including phenoxy) is 2. The van der Waals surface area contributed by atoms with E-state index in [4.69, 9.17) is 9.47 Å². The van der Waals surface area contributed by atoms with E-state index in [9.17, 15) is 4.79 Å². The fraction of sp³-hybridized carbons (Fsp3) is 0.333. The van der Waals surface area contributed by atoms with Crippen molar-refractivity contribution >= 4 is 12.2 Å². The van der Waals surface area contributed by atoms with Crippen molar-refractivity contribution in [1.82, 2.24) is 0 Å². The second-order valence-corrected chi connectivity index (χ2v) is 3.53. The maximum atomic E-state index is 11.6. The SMILES string of the molecule is CN=Cc1cc2c(c(C(=O)OC)c1)OCC2. The molecule has 1 aromatic carbocycles. The van der Waals surface area contributed by atoms with Crippen LogP contribution in [0.1, 0.15) is 21.5 Å². The molecule has 0 bridgehead atoms. The lowest BCUT2D eigenvalue weighted by molar-refractivity contribution is 0.0597. The Kier molecular flexibility index (Phi) is 2.90.